The molecular formula is C20H19BrN2O3S. The van der Waals surface area contributed by atoms with Gasteiger partial charge in [-0.1, -0.05) is 34.1 Å². The largest absolute Gasteiger partial charge is 0.493 e. The van der Waals surface area contributed by atoms with Crippen molar-refractivity contribution in [2.75, 3.05) is 19.5 Å². The van der Waals surface area contributed by atoms with Gasteiger partial charge in [-0.2, -0.15) is 0 Å². The molecule has 0 aliphatic heterocycles. The summed E-state index contributed by atoms with van der Waals surface area (Å²) >= 11 is 4.84. The normalized spacial score (nSPS) is 10.5. The van der Waals surface area contributed by atoms with Crippen molar-refractivity contribution >= 4 is 38.3 Å². The summed E-state index contributed by atoms with van der Waals surface area (Å²) in [5.74, 6) is 1.27. The van der Waals surface area contributed by atoms with Crippen LogP contribution in [-0.4, -0.2) is 25.1 Å². The van der Waals surface area contributed by atoms with Crippen LogP contribution in [0.25, 0.3) is 11.3 Å². The van der Waals surface area contributed by atoms with Gasteiger partial charge in [-0.15, -0.1) is 11.3 Å². The van der Waals surface area contributed by atoms with Crippen molar-refractivity contribution in [3.05, 3.63) is 57.9 Å². The fourth-order valence-electron chi connectivity index (χ4n) is 2.56. The van der Waals surface area contributed by atoms with Crippen molar-refractivity contribution in [3.63, 3.8) is 0 Å². The van der Waals surface area contributed by atoms with E-state index in [0.29, 0.717) is 29.5 Å². The fraction of sp³-hybridized carbons (Fsp3) is 0.200. The number of ether oxygens (including phenoxy) is 2. The highest BCUT2D eigenvalue weighted by Gasteiger charge is 2.10. The number of thiazole rings is 1. The van der Waals surface area contributed by atoms with Gasteiger partial charge in [0.05, 0.1) is 19.9 Å². The van der Waals surface area contributed by atoms with Gasteiger partial charge in [-0.3, -0.25) is 4.79 Å². The Kier molecular flexibility index (Phi) is 6.47. The molecule has 0 fully saturated rings. The van der Waals surface area contributed by atoms with Gasteiger partial charge < -0.3 is 14.8 Å². The number of carbonyl (C=O) groups excluding carboxylic acids is 1. The molecule has 3 rings (SSSR count). The molecule has 1 heterocycles. The molecule has 1 N–H and O–H groups in total. The smallest absolute Gasteiger partial charge is 0.226 e. The number of aryl methyl sites for hydroxylation is 1. The zero-order valence-electron chi connectivity index (χ0n) is 15.0. The Balaban J connectivity index is 1.58. The van der Waals surface area contributed by atoms with E-state index in [0.717, 1.165) is 21.3 Å². The Morgan fingerprint density at radius 2 is 1.85 bits per heavy atom. The molecule has 0 atom stereocenters. The standard InChI is InChI=1S/C20H19BrN2O3S/c1-25-17-9-3-13(11-18(17)26-2)4-10-19(24)23-20-22-16(12-27-20)14-5-7-15(21)8-6-14/h3,5-9,11-12H,4,10H2,1-2H3,(H,22,23,24). The molecule has 140 valence electrons. The third kappa shape index (κ3) is 5.08. The molecule has 5 nitrogen and oxygen atoms in total. The second-order valence-corrected chi connectivity index (χ2v) is 7.56. The lowest BCUT2D eigenvalue weighted by Crippen LogP contribution is -2.12. The summed E-state index contributed by atoms with van der Waals surface area (Å²) < 4.78 is 11.5. The Morgan fingerprint density at radius 1 is 1.11 bits per heavy atom. The van der Waals surface area contributed by atoms with Gasteiger partial charge in [0.1, 0.15) is 0 Å². The first kappa shape index (κ1) is 19.4. The molecular weight excluding hydrogens is 428 g/mol. The van der Waals surface area contributed by atoms with E-state index in [2.05, 4.69) is 26.2 Å². The highest BCUT2D eigenvalue weighted by Crippen LogP contribution is 2.28. The monoisotopic (exact) mass is 446 g/mol. The molecule has 0 spiro atoms. The maximum absolute atomic E-state index is 12.2. The summed E-state index contributed by atoms with van der Waals surface area (Å²) in [6.07, 6.45) is 0.972. The second kappa shape index (κ2) is 9.01. The highest BCUT2D eigenvalue weighted by atomic mass is 79.9. The van der Waals surface area contributed by atoms with E-state index in [1.54, 1.807) is 14.2 Å². The summed E-state index contributed by atoms with van der Waals surface area (Å²) in [5.41, 5.74) is 2.88. The van der Waals surface area contributed by atoms with E-state index in [9.17, 15) is 4.79 Å². The molecule has 0 radical (unpaired) electrons. The molecule has 0 unspecified atom stereocenters. The number of anilines is 1. The predicted octanol–water partition coefficient (Wildman–Crippen LogP) is 5.16. The van der Waals surface area contributed by atoms with Gasteiger partial charge in [0.15, 0.2) is 16.6 Å². The SMILES string of the molecule is COc1ccc(CCC(=O)Nc2nc(-c3ccc(Br)cc3)cs2)cc1OC. The van der Waals surface area contributed by atoms with E-state index in [1.165, 1.54) is 11.3 Å². The van der Waals surface area contributed by atoms with Crippen LogP contribution >= 0.6 is 27.3 Å². The lowest BCUT2D eigenvalue weighted by atomic mass is 10.1. The van der Waals surface area contributed by atoms with Crippen LogP contribution in [0.4, 0.5) is 5.13 Å². The van der Waals surface area contributed by atoms with Crippen LogP contribution in [0.1, 0.15) is 12.0 Å². The maximum Gasteiger partial charge on any atom is 0.226 e. The third-order valence-electron chi connectivity index (χ3n) is 3.98. The fourth-order valence-corrected chi connectivity index (χ4v) is 3.56. The van der Waals surface area contributed by atoms with Crippen molar-refractivity contribution < 1.29 is 14.3 Å². The van der Waals surface area contributed by atoms with E-state index in [1.807, 2.05) is 47.8 Å². The molecule has 0 saturated heterocycles. The van der Waals surface area contributed by atoms with Crippen LogP contribution in [0.2, 0.25) is 0 Å². The van der Waals surface area contributed by atoms with Crippen molar-refractivity contribution in [1.29, 1.82) is 0 Å². The zero-order valence-corrected chi connectivity index (χ0v) is 17.4. The van der Waals surface area contributed by atoms with E-state index >= 15 is 0 Å². The number of aromatic nitrogens is 1. The third-order valence-corrected chi connectivity index (χ3v) is 5.27. The molecule has 7 heteroatoms. The zero-order chi connectivity index (χ0) is 19.2. The maximum atomic E-state index is 12.2. The number of benzene rings is 2. The first-order valence-electron chi connectivity index (χ1n) is 8.31. The first-order valence-corrected chi connectivity index (χ1v) is 9.98. The van der Waals surface area contributed by atoms with Crippen LogP contribution in [0.15, 0.2) is 52.3 Å². The van der Waals surface area contributed by atoms with Gasteiger partial charge in [-0.05, 0) is 36.2 Å². The van der Waals surface area contributed by atoms with Gasteiger partial charge >= 0.3 is 0 Å². The quantitative estimate of drug-likeness (QED) is 0.544. The Hall–Kier alpha value is -2.38. The van der Waals surface area contributed by atoms with Gasteiger partial charge in [0, 0.05) is 21.8 Å². The van der Waals surface area contributed by atoms with Gasteiger partial charge in [0.2, 0.25) is 5.91 Å². The minimum atomic E-state index is -0.0681. The van der Waals surface area contributed by atoms with Crippen LogP contribution in [-0.2, 0) is 11.2 Å². The summed E-state index contributed by atoms with van der Waals surface area (Å²) in [6.45, 7) is 0. The average molecular weight is 447 g/mol. The topological polar surface area (TPSA) is 60.5 Å². The van der Waals surface area contributed by atoms with Crippen LogP contribution in [0.3, 0.4) is 0 Å². The van der Waals surface area contributed by atoms with Gasteiger partial charge in [-0.25, -0.2) is 4.98 Å². The number of rotatable bonds is 7. The second-order valence-electron chi connectivity index (χ2n) is 5.78. The number of amides is 1. The number of hydrogen-bond donors (Lipinski definition) is 1. The summed E-state index contributed by atoms with van der Waals surface area (Å²) in [7, 11) is 3.20. The first-order chi connectivity index (χ1) is 13.1. The predicted molar refractivity (Wildman–Crippen MR) is 112 cm³/mol. The lowest BCUT2D eigenvalue weighted by molar-refractivity contribution is -0.116. The number of hydrogen-bond acceptors (Lipinski definition) is 5. The number of methoxy groups -OCH3 is 2. The van der Waals surface area contributed by atoms with Crippen molar-refractivity contribution in [3.8, 4) is 22.8 Å². The van der Waals surface area contributed by atoms with Crippen molar-refractivity contribution in [1.82, 2.24) is 4.98 Å². The average Bonchev–Trinajstić information content (AvgIpc) is 3.15. The summed E-state index contributed by atoms with van der Waals surface area (Å²) in [4.78, 5) is 16.7. The molecule has 0 saturated carbocycles. The van der Waals surface area contributed by atoms with E-state index in [4.69, 9.17) is 9.47 Å². The summed E-state index contributed by atoms with van der Waals surface area (Å²) in [6, 6.07) is 13.6. The lowest BCUT2D eigenvalue weighted by Gasteiger charge is -2.09. The van der Waals surface area contributed by atoms with Crippen molar-refractivity contribution in [2.45, 2.75) is 12.8 Å². The number of carbonyl (C=O) groups is 1. The number of halogens is 1. The Bertz CT molecular complexity index is 925. The minimum absolute atomic E-state index is 0.0681. The van der Waals surface area contributed by atoms with E-state index in [-0.39, 0.29) is 5.91 Å². The molecule has 2 aromatic carbocycles. The van der Waals surface area contributed by atoms with Gasteiger partial charge in [0.25, 0.3) is 0 Å². The molecule has 0 aliphatic rings. The molecule has 3 aromatic rings. The molecule has 27 heavy (non-hydrogen) atoms. The Labute approximate surface area is 170 Å². The molecule has 0 aliphatic carbocycles. The molecule has 0 bridgehead atoms. The highest BCUT2D eigenvalue weighted by molar-refractivity contribution is 9.10. The number of nitrogens with one attached hydrogen (secondary N) is 1. The van der Waals surface area contributed by atoms with E-state index < -0.39 is 0 Å². The minimum Gasteiger partial charge on any atom is -0.493 e. The summed E-state index contributed by atoms with van der Waals surface area (Å²) in [5, 5.41) is 5.41. The molecule has 1 amide bonds. The van der Waals surface area contributed by atoms with Crippen molar-refractivity contribution in [2.24, 2.45) is 0 Å². The van der Waals surface area contributed by atoms with Crippen LogP contribution in [0.5, 0.6) is 11.5 Å². The molecule has 1 aromatic heterocycles. The Morgan fingerprint density at radius 3 is 2.56 bits per heavy atom. The van der Waals surface area contributed by atoms with Crippen LogP contribution in [0, 0.1) is 0 Å². The number of nitrogens with zero attached hydrogens (tertiary/aromatic N) is 1. The van der Waals surface area contributed by atoms with Crippen LogP contribution < -0.4 is 14.8 Å².